The molecular weight excluding hydrogens is 402 g/mol. The van der Waals surface area contributed by atoms with E-state index in [2.05, 4.69) is 5.32 Å². The number of hydrogen-bond acceptors (Lipinski definition) is 2. The molecular formula is C13H16N2O2Re. The summed E-state index contributed by atoms with van der Waals surface area (Å²) in [5.74, 6) is 0. The van der Waals surface area contributed by atoms with E-state index in [9.17, 15) is 9.90 Å². The van der Waals surface area contributed by atoms with Crippen molar-refractivity contribution in [3.05, 3.63) is 41.6 Å². The van der Waals surface area contributed by atoms with E-state index >= 15 is 0 Å². The Bertz CT molecular complexity index is 460. The molecule has 1 aliphatic heterocycles. The molecule has 0 spiro atoms. The molecule has 97 valence electrons. The van der Waals surface area contributed by atoms with Gasteiger partial charge in [0.15, 0.2) is 6.23 Å². The van der Waals surface area contributed by atoms with Gasteiger partial charge in [0.05, 0.1) is 0 Å². The number of benzene rings is 1. The van der Waals surface area contributed by atoms with Crippen molar-refractivity contribution >= 4 is 12.1 Å². The van der Waals surface area contributed by atoms with Crippen LogP contribution in [0.25, 0.3) is 6.08 Å². The molecule has 1 heterocycles. The molecule has 0 fully saturated rings. The monoisotopic (exact) mass is 419 g/mol. The average Bonchev–Trinajstić information content (AvgIpc) is 2.28. The number of urea groups is 1. The summed E-state index contributed by atoms with van der Waals surface area (Å²) in [6, 6.07) is 7.23. The molecule has 2 amide bonds. The minimum Gasteiger partial charge on any atom is -0.369 e. The van der Waals surface area contributed by atoms with Gasteiger partial charge < -0.3 is 10.4 Å². The second kappa shape index (κ2) is 6.15. The first-order valence-electron chi connectivity index (χ1n) is 5.63. The zero-order chi connectivity index (χ0) is 12.4. The first-order chi connectivity index (χ1) is 8.09. The van der Waals surface area contributed by atoms with E-state index in [-0.39, 0.29) is 32.5 Å². The predicted octanol–water partition coefficient (Wildman–Crippen LogP) is 2.08. The molecule has 1 radical (unpaired) electrons. The molecule has 0 saturated heterocycles. The molecule has 0 aliphatic carbocycles. The van der Waals surface area contributed by atoms with E-state index < -0.39 is 6.23 Å². The van der Waals surface area contributed by atoms with Gasteiger partial charge in [-0.1, -0.05) is 24.3 Å². The topological polar surface area (TPSA) is 52.6 Å². The number of aliphatic hydroxyl groups excluding tert-OH is 1. The summed E-state index contributed by atoms with van der Waals surface area (Å²) >= 11 is 0. The van der Waals surface area contributed by atoms with Gasteiger partial charge in [-0.2, -0.15) is 0 Å². The number of rotatable bonds is 1. The molecule has 0 saturated carbocycles. The number of nitrogens with one attached hydrogen (secondary N) is 1. The zero-order valence-corrected chi connectivity index (χ0v) is 13.0. The molecule has 0 aromatic heterocycles. The smallest absolute Gasteiger partial charge is 0.324 e. The van der Waals surface area contributed by atoms with Gasteiger partial charge in [-0.15, -0.1) is 0 Å². The second-order valence-corrected chi connectivity index (χ2v) is 4.33. The fraction of sp³-hybridized carbons (Fsp3) is 0.308. The normalized spacial score (nSPS) is 17.1. The van der Waals surface area contributed by atoms with Crippen LogP contribution in [-0.2, 0) is 20.4 Å². The van der Waals surface area contributed by atoms with Gasteiger partial charge in [0, 0.05) is 38.2 Å². The number of carbonyl (C=O) groups is 1. The van der Waals surface area contributed by atoms with Crippen molar-refractivity contribution < 1.29 is 30.3 Å². The van der Waals surface area contributed by atoms with Crippen LogP contribution in [0.1, 0.15) is 31.2 Å². The first kappa shape index (κ1) is 14.9. The average molecular weight is 418 g/mol. The summed E-state index contributed by atoms with van der Waals surface area (Å²) in [6.45, 7) is 3.76. The molecule has 1 aromatic rings. The van der Waals surface area contributed by atoms with Gasteiger partial charge in [0.2, 0.25) is 0 Å². The predicted molar refractivity (Wildman–Crippen MR) is 65.9 cm³/mol. The molecule has 4 nitrogen and oxygen atoms in total. The van der Waals surface area contributed by atoms with Crippen LogP contribution in [-0.4, -0.2) is 22.1 Å². The maximum Gasteiger partial charge on any atom is 0.324 e. The van der Waals surface area contributed by atoms with E-state index in [0.29, 0.717) is 0 Å². The molecule has 2 N–H and O–H groups in total. The Balaban J connectivity index is 0.00000162. The summed E-state index contributed by atoms with van der Waals surface area (Å²) in [4.78, 5) is 13.1. The number of nitrogens with zero attached hydrogens (tertiary/aromatic N) is 1. The third kappa shape index (κ3) is 2.99. The molecule has 18 heavy (non-hydrogen) atoms. The number of fused-ring (bicyclic) bond motifs is 1. The van der Waals surface area contributed by atoms with Crippen LogP contribution in [0.2, 0.25) is 0 Å². The molecule has 2 rings (SSSR count). The van der Waals surface area contributed by atoms with Crippen LogP contribution in [0.4, 0.5) is 4.79 Å². The van der Waals surface area contributed by atoms with Crippen LogP contribution < -0.4 is 5.32 Å². The van der Waals surface area contributed by atoms with Crippen LogP contribution in [0.3, 0.4) is 0 Å². The van der Waals surface area contributed by atoms with Crippen molar-refractivity contribution in [1.29, 1.82) is 0 Å². The van der Waals surface area contributed by atoms with Crippen molar-refractivity contribution in [2.75, 3.05) is 0 Å². The Kier molecular flexibility index (Phi) is 5.09. The van der Waals surface area contributed by atoms with Gasteiger partial charge in [0.25, 0.3) is 0 Å². The third-order valence-electron chi connectivity index (χ3n) is 2.60. The van der Waals surface area contributed by atoms with Crippen LogP contribution in [0.5, 0.6) is 0 Å². The van der Waals surface area contributed by atoms with Crippen LogP contribution in [0.15, 0.2) is 30.5 Å². The number of carbonyl (C=O) groups excluding carboxylic acids is 1. The quantitative estimate of drug-likeness (QED) is 0.734. The van der Waals surface area contributed by atoms with Gasteiger partial charge in [-0.3, -0.25) is 4.90 Å². The van der Waals surface area contributed by atoms with Gasteiger partial charge >= 0.3 is 6.03 Å². The zero-order valence-electron chi connectivity index (χ0n) is 10.3. The Morgan fingerprint density at radius 2 is 2.06 bits per heavy atom. The van der Waals surface area contributed by atoms with E-state index in [0.717, 1.165) is 11.1 Å². The van der Waals surface area contributed by atoms with E-state index in [1.54, 1.807) is 6.20 Å². The van der Waals surface area contributed by atoms with Crippen LogP contribution >= 0.6 is 0 Å². The molecule has 1 atom stereocenters. The molecule has 1 aromatic carbocycles. The Labute approximate surface area is 120 Å². The maximum atomic E-state index is 11.8. The van der Waals surface area contributed by atoms with Crippen molar-refractivity contribution in [1.82, 2.24) is 10.2 Å². The van der Waals surface area contributed by atoms with Crippen molar-refractivity contribution in [2.24, 2.45) is 0 Å². The summed E-state index contributed by atoms with van der Waals surface area (Å²) < 4.78 is 0. The van der Waals surface area contributed by atoms with E-state index in [4.69, 9.17) is 0 Å². The van der Waals surface area contributed by atoms with Gasteiger partial charge in [-0.05, 0) is 25.5 Å². The largest absolute Gasteiger partial charge is 0.369 e. The second-order valence-electron chi connectivity index (χ2n) is 4.33. The number of aliphatic hydroxyl groups is 1. The standard InChI is InChI=1S/C13H16N2O2.Re/c1-9(2)14-13(17)15-8-7-10-5-3-4-6-11(10)12(15)16;/h3-9,12,16H,1-2H3,(H,14,17);. The summed E-state index contributed by atoms with van der Waals surface area (Å²) in [7, 11) is 0. The third-order valence-corrected chi connectivity index (χ3v) is 2.60. The summed E-state index contributed by atoms with van der Waals surface area (Å²) in [5, 5.41) is 12.9. The van der Waals surface area contributed by atoms with Crippen molar-refractivity contribution in [2.45, 2.75) is 26.1 Å². The Morgan fingerprint density at radius 1 is 1.39 bits per heavy atom. The first-order valence-corrected chi connectivity index (χ1v) is 5.63. The van der Waals surface area contributed by atoms with Gasteiger partial charge in [0.1, 0.15) is 0 Å². The summed E-state index contributed by atoms with van der Waals surface area (Å²) in [6.07, 6.45) is 2.50. The maximum absolute atomic E-state index is 11.8. The Morgan fingerprint density at radius 3 is 2.72 bits per heavy atom. The van der Waals surface area contributed by atoms with Crippen LogP contribution in [0, 0.1) is 0 Å². The van der Waals surface area contributed by atoms with E-state index in [1.165, 1.54) is 4.90 Å². The van der Waals surface area contributed by atoms with E-state index in [1.807, 2.05) is 44.2 Å². The molecule has 0 bridgehead atoms. The molecule has 1 aliphatic rings. The molecule has 5 heteroatoms. The Hall–Kier alpha value is -1.15. The fourth-order valence-electron chi connectivity index (χ4n) is 1.79. The van der Waals surface area contributed by atoms with Crippen molar-refractivity contribution in [3.63, 3.8) is 0 Å². The van der Waals surface area contributed by atoms with Crippen molar-refractivity contribution in [3.8, 4) is 0 Å². The number of hydrogen-bond donors (Lipinski definition) is 2. The summed E-state index contributed by atoms with van der Waals surface area (Å²) in [5.41, 5.74) is 1.68. The molecule has 1 unspecified atom stereocenters. The minimum atomic E-state index is -0.921. The SMILES string of the molecule is CC(C)NC(=O)N1C=Cc2ccccc2C1O.[Re]. The minimum absolute atomic E-state index is 0. The number of amides is 2. The fourth-order valence-corrected chi connectivity index (χ4v) is 1.79. The van der Waals surface area contributed by atoms with Gasteiger partial charge in [-0.25, -0.2) is 4.79 Å².